The summed E-state index contributed by atoms with van der Waals surface area (Å²) in [6.07, 6.45) is 22.4. The normalized spacial score (nSPS) is 11.4. The largest absolute Gasteiger partial charge is 0.481 e. The van der Waals surface area contributed by atoms with Crippen molar-refractivity contribution in [2.75, 3.05) is 105 Å². The monoisotopic (exact) mass is 719 g/mol. The highest BCUT2D eigenvalue weighted by Gasteiger charge is 1.99. The van der Waals surface area contributed by atoms with Gasteiger partial charge in [-0.25, -0.2) is 0 Å². The summed E-state index contributed by atoms with van der Waals surface area (Å²) in [6, 6.07) is 0. The molecule has 0 rings (SSSR count). The highest BCUT2D eigenvalue weighted by atomic mass is 16.5. The number of hydrogen-bond acceptors (Lipinski definition) is 10. The second-order valence-corrected chi connectivity index (χ2v) is 13.1. The number of carbonyl (C=O) groups is 2. The molecule has 50 heavy (non-hydrogen) atoms. The van der Waals surface area contributed by atoms with Crippen LogP contribution in [0.2, 0.25) is 0 Å². The molecule has 0 bridgehead atoms. The Bertz CT molecular complexity index is 637. The summed E-state index contributed by atoms with van der Waals surface area (Å²) in [7, 11) is 0. The van der Waals surface area contributed by atoms with Crippen LogP contribution >= 0.6 is 0 Å². The number of ether oxygens (including phenoxy) is 4. The van der Waals surface area contributed by atoms with Gasteiger partial charge in [0.05, 0.1) is 52.9 Å². The van der Waals surface area contributed by atoms with Crippen LogP contribution in [0.1, 0.15) is 128 Å². The molecule has 12 nitrogen and oxygen atoms in total. The zero-order chi connectivity index (χ0) is 36.3. The van der Waals surface area contributed by atoms with E-state index in [4.69, 9.17) is 29.2 Å². The fraction of sp³-hybridized carbons (Fsp3) is 0.947. The summed E-state index contributed by atoms with van der Waals surface area (Å²) < 4.78 is 22.3. The average molecular weight is 719 g/mol. The van der Waals surface area contributed by atoms with Crippen LogP contribution in [0.15, 0.2) is 0 Å². The van der Waals surface area contributed by atoms with Crippen molar-refractivity contribution < 1.29 is 38.7 Å². The van der Waals surface area contributed by atoms with Crippen molar-refractivity contribution in [3.63, 3.8) is 0 Å². The van der Waals surface area contributed by atoms with E-state index in [9.17, 15) is 9.59 Å². The summed E-state index contributed by atoms with van der Waals surface area (Å²) in [4.78, 5) is 20.9. The maximum atomic E-state index is 10.5. The highest BCUT2D eigenvalue weighted by Crippen LogP contribution is 2.13. The molecule has 12 heteroatoms. The molecular weight excluding hydrogens is 640 g/mol. The molecule has 0 amide bonds. The lowest BCUT2D eigenvalue weighted by Crippen LogP contribution is -2.30. The first-order chi connectivity index (χ1) is 24.6. The third-order valence-corrected chi connectivity index (χ3v) is 8.40. The van der Waals surface area contributed by atoms with Gasteiger partial charge in [-0.3, -0.25) is 9.59 Å². The Balaban J connectivity index is 3.06. The van der Waals surface area contributed by atoms with Crippen LogP contribution in [0, 0.1) is 0 Å². The Hall–Kier alpha value is -1.38. The van der Waals surface area contributed by atoms with E-state index in [1.165, 1.54) is 83.5 Å². The Morgan fingerprint density at radius 1 is 0.300 bits per heavy atom. The van der Waals surface area contributed by atoms with E-state index in [1.54, 1.807) is 0 Å². The molecular formula is C38H78N4O8. The van der Waals surface area contributed by atoms with Gasteiger partial charge in [0.15, 0.2) is 0 Å². The van der Waals surface area contributed by atoms with E-state index in [-0.39, 0.29) is 6.42 Å². The predicted molar refractivity (Wildman–Crippen MR) is 202 cm³/mol. The molecule has 0 atom stereocenters. The molecule has 0 aliphatic carbocycles. The first kappa shape index (κ1) is 48.6. The minimum Gasteiger partial charge on any atom is -0.481 e. The van der Waals surface area contributed by atoms with Crippen molar-refractivity contribution in [3.05, 3.63) is 0 Å². The number of unbranched alkanes of at least 4 members (excludes halogenated alkanes) is 16. The second-order valence-electron chi connectivity index (χ2n) is 13.1. The summed E-state index contributed by atoms with van der Waals surface area (Å²) in [5.74, 6) is -1.39. The van der Waals surface area contributed by atoms with Gasteiger partial charge in [0.2, 0.25) is 0 Å². The molecule has 0 aromatic rings. The average Bonchev–Trinajstić information content (AvgIpc) is 3.10. The van der Waals surface area contributed by atoms with Gasteiger partial charge in [-0.2, -0.15) is 0 Å². The lowest BCUT2D eigenvalue weighted by atomic mass is 10.0. The van der Waals surface area contributed by atoms with Gasteiger partial charge in [-0.15, -0.1) is 0 Å². The van der Waals surface area contributed by atoms with Crippen LogP contribution in [0.3, 0.4) is 0 Å². The van der Waals surface area contributed by atoms with Gasteiger partial charge in [0, 0.05) is 52.1 Å². The van der Waals surface area contributed by atoms with E-state index in [0.29, 0.717) is 59.3 Å². The van der Waals surface area contributed by atoms with Gasteiger partial charge in [0.25, 0.3) is 0 Å². The third kappa shape index (κ3) is 46.6. The van der Waals surface area contributed by atoms with E-state index >= 15 is 0 Å². The van der Waals surface area contributed by atoms with Crippen molar-refractivity contribution in [1.29, 1.82) is 0 Å². The molecule has 0 spiro atoms. The van der Waals surface area contributed by atoms with Gasteiger partial charge in [-0.05, 0) is 38.8 Å². The van der Waals surface area contributed by atoms with Gasteiger partial charge >= 0.3 is 11.9 Å². The molecule has 0 unspecified atom stereocenters. The second kappa shape index (κ2) is 43.8. The molecule has 0 saturated heterocycles. The molecule has 6 N–H and O–H groups in total. The molecule has 0 aromatic carbocycles. The van der Waals surface area contributed by atoms with Crippen LogP contribution in [-0.4, -0.2) is 127 Å². The summed E-state index contributed by atoms with van der Waals surface area (Å²) >= 11 is 0. The Morgan fingerprint density at radius 2 is 0.540 bits per heavy atom. The van der Waals surface area contributed by atoms with Crippen LogP contribution in [0.5, 0.6) is 0 Å². The van der Waals surface area contributed by atoms with E-state index in [0.717, 1.165) is 84.5 Å². The zero-order valence-corrected chi connectivity index (χ0v) is 31.8. The molecule has 298 valence electrons. The molecule has 0 radical (unpaired) electrons. The number of nitrogens with one attached hydrogen (secondary N) is 4. The Labute approximate surface area is 305 Å². The zero-order valence-electron chi connectivity index (χ0n) is 31.8. The van der Waals surface area contributed by atoms with Crippen LogP contribution in [0.25, 0.3) is 0 Å². The first-order valence-corrected chi connectivity index (χ1v) is 20.2. The molecule has 0 heterocycles. The standard InChI is InChI=1S/C38H78N4O8/c43-37(44)19-15-12-10-8-6-4-2-1-3-5-7-9-11-13-17-21-39-23-24-41-26-30-48-34-36-50-32-28-42-27-31-49-35-33-47-29-25-40-22-18-14-16-20-38(45)46/h39-42H,1-36H2,(H,43,44)(H,45,46). The maximum Gasteiger partial charge on any atom is 0.303 e. The summed E-state index contributed by atoms with van der Waals surface area (Å²) in [5.41, 5.74) is 0. The van der Waals surface area contributed by atoms with E-state index < -0.39 is 11.9 Å². The predicted octanol–water partition coefficient (Wildman–Crippen LogP) is 5.38. The SMILES string of the molecule is O=C(O)CCCCCCCCCCCCCCCCCNCCNCCOCCOCCNCCOCCOCCNCCCCCC(=O)O. The quantitative estimate of drug-likeness (QED) is 0.0447. The molecule has 0 saturated carbocycles. The Morgan fingerprint density at radius 3 is 0.880 bits per heavy atom. The van der Waals surface area contributed by atoms with Gasteiger partial charge < -0.3 is 50.4 Å². The third-order valence-electron chi connectivity index (χ3n) is 8.40. The van der Waals surface area contributed by atoms with Crippen molar-refractivity contribution in [3.8, 4) is 0 Å². The summed E-state index contributed by atoms with van der Waals surface area (Å²) in [5, 5.41) is 30.8. The number of rotatable bonds is 45. The Kier molecular flexibility index (Phi) is 42.6. The van der Waals surface area contributed by atoms with Crippen LogP contribution < -0.4 is 21.3 Å². The van der Waals surface area contributed by atoms with Crippen LogP contribution in [0.4, 0.5) is 0 Å². The van der Waals surface area contributed by atoms with Crippen molar-refractivity contribution in [2.24, 2.45) is 0 Å². The number of carboxylic acid groups (broad SMARTS) is 2. The fourth-order valence-electron chi connectivity index (χ4n) is 5.43. The maximum absolute atomic E-state index is 10.5. The fourth-order valence-corrected chi connectivity index (χ4v) is 5.43. The van der Waals surface area contributed by atoms with Crippen molar-refractivity contribution in [1.82, 2.24) is 21.3 Å². The molecule has 0 aliphatic heterocycles. The highest BCUT2D eigenvalue weighted by molar-refractivity contribution is 5.66. The van der Waals surface area contributed by atoms with Crippen LogP contribution in [-0.2, 0) is 28.5 Å². The van der Waals surface area contributed by atoms with Gasteiger partial charge in [-0.1, -0.05) is 89.9 Å². The number of carboxylic acids is 2. The topological polar surface area (TPSA) is 160 Å². The van der Waals surface area contributed by atoms with Gasteiger partial charge in [0.1, 0.15) is 0 Å². The summed E-state index contributed by atoms with van der Waals surface area (Å²) in [6.45, 7) is 12.3. The molecule has 0 aromatic heterocycles. The molecule has 0 aliphatic rings. The number of aliphatic carboxylic acids is 2. The minimum atomic E-state index is -0.719. The first-order valence-electron chi connectivity index (χ1n) is 20.2. The van der Waals surface area contributed by atoms with E-state index in [2.05, 4.69) is 21.3 Å². The molecule has 0 fully saturated rings. The smallest absolute Gasteiger partial charge is 0.303 e. The lowest BCUT2D eigenvalue weighted by molar-refractivity contribution is -0.138. The minimum absolute atomic E-state index is 0.258. The van der Waals surface area contributed by atoms with Crippen molar-refractivity contribution >= 4 is 11.9 Å². The van der Waals surface area contributed by atoms with Crippen molar-refractivity contribution in [2.45, 2.75) is 128 Å². The number of hydrogen-bond donors (Lipinski definition) is 6. The van der Waals surface area contributed by atoms with E-state index in [1.807, 2.05) is 0 Å². The lowest BCUT2D eigenvalue weighted by Gasteiger charge is -2.09.